The van der Waals surface area contributed by atoms with Crippen LogP contribution in [0, 0.1) is 33.5 Å². The summed E-state index contributed by atoms with van der Waals surface area (Å²) in [6.45, 7) is 13.6. The van der Waals surface area contributed by atoms with Crippen LogP contribution in [-0.2, 0) is 14.4 Å². The lowest BCUT2D eigenvalue weighted by Crippen LogP contribution is -2.61. The number of ketones is 2. The van der Waals surface area contributed by atoms with Gasteiger partial charge >= 0.3 is 5.97 Å². The Bertz CT molecular complexity index is 1150. The second kappa shape index (κ2) is 7.15. The first-order chi connectivity index (χ1) is 15.8. The molecule has 3 fully saturated rings. The Morgan fingerprint density at radius 1 is 1.06 bits per heavy atom. The van der Waals surface area contributed by atoms with E-state index in [9.17, 15) is 19.5 Å². The first-order valence-electron chi connectivity index (χ1n) is 12.9. The summed E-state index contributed by atoms with van der Waals surface area (Å²) in [5.74, 6) is -0.0421. The molecule has 0 aromatic carbocycles. The van der Waals surface area contributed by atoms with E-state index in [1.54, 1.807) is 6.08 Å². The molecular weight excluding hydrogens is 424 g/mol. The molecule has 4 heteroatoms. The Morgan fingerprint density at radius 3 is 2.44 bits per heavy atom. The first kappa shape index (κ1) is 23.5. The van der Waals surface area contributed by atoms with Crippen molar-refractivity contribution in [1.29, 1.82) is 0 Å². The van der Waals surface area contributed by atoms with E-state index < -0.39 is 5.97 Å². The average Bonchev–Trinajstić information content (AvgIpc) is 2.75. The molecule has 0 amide bonds. The number of carbonyl (C=O) groups is 3. The number of Topliss-reactive ketones (excluding diaryl/α,β-unsaturated/α-hetero) is 1. The zero-order valence-corrected chi connectivity index (χ0v) is 21.5. The van der Waals surface area contributed by atoms with Crippen LogP contribution in [0.4, 0.5) is 0 Å². The first-order valence-corrected chi connectivity index (χ1v) is 12.9. The van der Waals surface area contributed by atoms with E-state index in [-0.39, 0.29) is 39.8 Å². The minimum atomic E-state index is -0.968. The predicted molar refractivity (Wildman–Crippen MR) is 132 cm³/mol. The fraction of sp³-hybridized carbons (Fsp3) is 0.633. The molecule has 182 valence electrons. The summed E-state index contributed by atoms with van der Waals surface area (Å²) in [6, 6.07) is 0. The summed E-state index contributed by atoms with van der Waals surface area (Å²) < 4.78 is 0. The maximum Gasteiger partial charge on any atom is 0.307 e. The van der Waals surface area contributed by atoms with E-state index in [4.69, 9.17) is 0 Å². The number of hydrogen-bond donors (Lipinski definition) is 1. The number of carbonyl (C=O) groups excluding carboxylic acids is 2. The number of allylic oxidation sites excluding steroid dienone is 7. The van der Waals surface area contributed by atoms with Gasteiger partial charge in [-0.3, -0.25) is 14.4 Å². The average molecular weight is 463 g/mol. The van der Waals surface area contributed by atoms with Crippen LogP contribution < -0.4 is 0 Å². The topological polar surface area (TPSA) is 71.4 Å². The van der Waals surface area contributed by atoms with Crippen molar-refractivity contribution in [1.82, 2.24) is 0 Å². The number of fused-ring (bicyclic) bond motifs is 7. The minimum absolute atomic E-state index is 0.00480. The van der Waals surface area contributed by atoms with Crippen molar-refractivity contribution in [3.05, 3.63) is 46.1 Å². The maximum atomic E-state index is 13.1. The zero-order valence-electron chi connectivity index (χ0n) is 21.5. The van der Waals surface area contributed by atoms with E-state index in [2.05, 4.69) is 46.8 Å². The van der Waals surface area contributed by atoms with E-state index in [1.807, 2.05) is 6.92 Å². The summed E-state index contributed by atoms with van der Waals surface area (Å²) in [4.78, 5) is 37.1. The number of hydrogen-bond acceptors (Lipinski definition) is 3. The van der Waals surface area contributed by atoms with Crippen LogP contribution in [0.15, 0.2) is 46.1 Å². The van der Waals surface area contributed by atoms with Crippen molar-refractivity contribution >= 4 is 17.5 Å². The summed E-state index contributed by atoms with van der Waals surface area (Å²) >= 11 is 0. The van der Waals surface area contributed by atoms with Gasteiger partial charge in [-0.05, 0) is 84.0 Å². The highest BCUT2D eigenvalue weighted by Gasteiger charge is 2.66. The van der Waals surface area contributed by atoms with Crippen LogP contribution in [-0.4, -0.2) is 22.6 Å². The fourth-order valence-electron chi connectivity index (χ4n) is 8.81. The zero-order chi connectivity index (χ0) is 24.8. The highest BCUT2D eigenvalue weighted by atomic mass is 16.4. The summed E-state index contributed by atoms with van der Waals surface area (Å²) in [7, 11) is 0. The van der Waals surface area contributed by atoms with Crippen molar-refractivity contribution in [2.24, 2.45) is 33.5 Å². The maximum absolute atomic E-state index is 13.1. The number of carboxylic acid groups (broad SMARTS) is 1. The lowest BCUT2D eigenvalue weighted by Gasteiger charge is -2.69. The molecule has 0 spiro atoms. The molecule has 5 rings (SSSR count). The smallest absolute Gasteiger partial charge is 0.307 e. The van der Waals surface area contributed by atoms with Gasteiger partial charge in [-0.1, -0.05) is 52.3 Å². The molecule has 5 aliphatic rings. The van der Waals surface area contributed by atoms with Crippen molar-refractivity contribution < 1.29 is 19.5 Å². The molecule has 1 N–H and O–H groups in total. The van der Waals surface area contributed by atoms with E-state index in [1.165, 1.54) is 5.57 Å². The van der Waals surface area contributed by atoms with E-state index in [0.717, 1.165) is 48.8 Å². The van der Waals surface area contributed by atoms with Crippen molar-refractivity contribution in [2.75, 3.05) is 0 Å². The highest BCUT2D eigenvalue weighted by Crippen LogP contribution is 2.74. The van der Waals surface area contributed by atoms with Crippen LogP contribution in [0.2, 0.25) is 0 Å². The number of aliphatic carboxylic acids is 1. The SMILES string of the molecule is CC1=C(CC(=O)O)C(=O)C=C2C1=CC=C1C2(C)CCC2(C)C3CC(C)C(=O)CC3(C)CCC12C. The van der Waals surface area contributed by atoms with Gasteiger partial charge in [-0.25, -0.2) is 0 Å². The van der Waals surface area contributed by atoms with Gasteiger partial charge in [-0.15, -0.1) is 0 Å². The van der Waals surface area contributed by atoms with E-state index >= 15 is 0 Å². The minimum Gasteiger partial charge on any atom is -0.481 e. The molecule has 5 aliphatic carbocycles. The van der Waals surface area contributed by atoms with Crippen molar-refractivity contribution in [2.45, 2.75) is 86.5 Å². The van der Waals surface area contributed by atoms with Gasteiger partial charge in [0.1, 0.15) is 5.78 Å². The van der Waals surface area contributed by atoms with E-state index in [0.29, 0.717) is 23.7 Å². The second-order valence-corrected chi connectivity index (χ2v) is 12.8. The predicted octanol–water partition coefficient (Wildman–Crippen LogP) is 6.38. The van der Waals surface area contributed by atoms with Crippen LogP contribution in [0.5, 0.6) is 0 Å². The Hall–Kier alpha value is -2.23. The third-order valence-electron chi connectivity index (χ3n) is 11.2. The molecule has 0 radical (unpaired) electrons. The third-order valence-corrected chi connectivity index (χ3v) is 11.2. The van der Waals surface area contributed by atoms with Gasteiger partial charge in [0.15, 0.2) is 5.78 Å². The van der Waals surface area contributed by atoms with Crippen LogP contribution in [0.1, 0.15) is 86.5 Å². The van der Waals surface area contributed by atoms with Gasteiger partial charge < -0.3 is 5.11 Å². The Morgan fingerprint density at radius 2 is 1.76 bits per heavy atom. The van der Waals surface area contributed by atoms with Gasteiger partial charge in [0.05, 0.1) is 6.42 Å². The lowest BCUT2D eigenvalue weighted by molar-refractivity contribution is -0.161. The van der Waals surface area contributed by atoms with Gasteiger partial charge in [0, 0.05) is 23.3 Å². The molecule has 6 atom stereocenters. The largest absolute Gasteiger partial charge is 0.481 e. The standard InChI is InChI=1S/C30H38O4/c1-17-13-25-27(3,16-23(17)32)9-11-29(5)24-8-7-19-18(2)20(14-26(33)34)22(31)15-21(19)28(24,4)10-12-30(25,29)6/h7-8,15,17,25H,9-14,16H2,1-6H3,(H,33,34). The van der Waals surface area contributed by atoms with Gasteiger partial charge in [0.2, 0.25) is 0 Å². The summed E-state index contributed by atoms with van der Waals surface area (Å²) in [5, 5.41) is 9.32. The monoisotopic (exact) mass is 462 g/mol. The molecule has 34 heavy (non-hydrogen) atoms. The molecule has 0 aromatic heterocycles. The number of rotatable bonds is 2. The third kappa shape index (κ3) is 2.86. The molecule has 0 aromatic rings. The normalized spacial score (nSPS) is 43.6. The van der Waals surface area contributed by atoms with Crippen LogP contribution in [0.3, 0.4) is 0 Å². The van der Waals surface area contributed by atoms with Crippen LogP contribution in [0.25, 0.3) is 0 Å². The van der Waals surface area contributed by atoms with Gasteiger partial charge in [-0.2, -0.15) is 0 Å². The number of carboxylic acids is 1. The molecule has 6 unspecified atom stereocenters. The second-order valence-electron chi connectivity index (χ2n) is 12.8. The van der Waals surface area contributed by atoms with Crippen molar-refractivity contribution in [3.63, 3.8) is 0 Å². The molecular formula is C30H38O4. The molecule has 0 saturated heterocycles. The lowest BCUT2D eigenvalue weighted by atomic mass is 9.35. The van der Waals surface area contributed by atoms with Crippen molar-refractivity contribution in [3.8, 4) is 0 Å². The summed E-state index contributed by atoms with van der Waals surface area (Å²) in [6.07, 6.45) is 11.8. The van der Waals surface area contributed by atoms with Gasteiger partial charge in [0.25, 0.3) is 0 Å². The quantitative estimate of drug-likeness (QED) is 0.517. The molecule has 0 heterocycles. The Labute approximate surface area is 203 Å². The fourth-order valence-corrected chi connectivity index (χ4v) is 8.81. The Kier molecular flexibility index (Phi) is 4.94. The molecule has 4 nitrogen and oxygen atoms in total. The Balaban J connectivity index is 1.62. The molecule has 0 aliphatic heterocycles. The highest BCUT2D eigenvalue weighted by molar-refractivity contribution is 6.10. The van der Waals surface area contributed by atoms with Crippen LogP contribution >= 0.6 is 0 Å². The summed E-state index contributed by atoms with van der Waals surface area (Å²) in [5.41, 5.74) is 4.70. The molecule has 3 saturated carbocycles. The molecule has 0 bridgehead atoms.